The molecule has 196 valence electrons. The Morgan fingerprint density at radius 3 is 2.62 bits per heavy atom. The lowest BCUT2D eigenvalue weighted by atomic mass is 10.1. The highest BCUT2D eigenvalue weighted by Crippen LogP contribution is 2.38. The van der Waals surface area contributed by atoms with Crippen molar-refractivity contribution >= 4 is 38.5 Å². The van der Waals surface area contributed by atoms with E-state index < -0.39 is 15.7 Å². The van der Waals surface area contributed by atoms with Gasteiger partial charge in [0.15, 0.2) is 15.6 Å². The van der Waals surface area contributed by atoms with Crippen molar-refractivity contribution < 1.29 is 22.3 Å². The summed E-state index contributed by atoms with van der Waals surface area (Å²) >= 11 is 1.57. The molecule has 0 amide bonds. The lowest BCUT2D eigenvalue weighted by Gasteiger charge is -2.31. The number of ketones is 1. The molecule has 0 spiro atoms. The topological polar surface area (TPSA) is 92.7 Å². The number of hydrogen-bond donors (Lipinski definition) is 0. The van der Waals surface area contributed by atoms with Gasteiger partial charge in [-0.1, -0.05) is 6.92 Å². The summed E-state index contributed by atoms with van der Waals surface area (Å²) in [7, 11) is -3.50. The van der Waals surface area contributed by atoms with Gasteiger partial charge in [0.05, 0.1) is 27.6 Å². The molecular formula is C26H29FN4O4S2. The van der Waals surface area contributed by atoms with Gasteiger partial charge in [-0.25, -0.2) is 22.8 Å². The average Bonchev–Trinajstić information content (AvgIpc) is 3.53. The van der Waals surface area contributed by atoms with Gasteiger partial charge >= 0.3 is 0 Å². The first kappa shape index (κ1) is 25.7. The van der Waals surface area contributed by atoms with E-state index in [9.17, 15) is 17.6 Å². The number of rotatable bonds is 8. The van der Waals surface area contributed by atoms with Crippen molar-refractivity contribution in [1.82, 2.24) is 14.9 Å². The Kier molecular flexibility index (Phi) is 7.28. The number of thiophene rings is 1. The van der Waals surface area contributed by atoms with Crippen molar-refractivity contribution in [2.75, 3.05) is 37.3 Å². The second-order valence-corrected chi connectivity index (χ2v) is 12.6. The van der Waals surface area contributed by atoms with Crippen LogP contribution in [0.15, 0.2) is 41.6 Å². The van der Waals surface area contributed by atoms with Crippen molar-refractivity contribution in [2.24, 2.45) is 0 Å². The molecule has 2 aliphatic heterocycles. The third-order valence-corrected chi connectivity index (χ3v) is 9.21. The predicted octanol–water partition coefficient (Wildman–Crippen LogP) is 4.06. The molecule has 0 radical (unpaired) electrons. The van der Waals surface area contributed by atoms with Crippen LogP contribution in [0.4, 0.5) is 15.9 Å². The Balaban J connectivity index is 1.22. The molecule has 0 N–H and O–H groups in total. The van der Waals surface area contributed by atoms with Crippen LogP contribution in [0.5, 0.6) is 5.88 Å². The summed E-state index contributed by atoms with van der Waals surface area (Å²) in [5.41, 5.74) is 1.08. The lowest BCUT2D eigenvalue weighted by Crippen LogP contribution is -2.40. The van der Waals surface area contributed by atoms with Crippen LogP contribution in [-0.4, -0.2) is 67.6 Å². The van der Waals surface area contributed by atoms with Gasteiger partial charge in [-0.2, -0.15) is 0 Å². The number of aromatic nitrogens is 2. The van der Waals surface area contributed by atoms with E-state index >= 15 is 0 Å². The predicted molar refractivity (Wildman–Crippen MR) is 140 cm³/mol. The summed E-state index contributed by atoms with van der Waals surface area (Å²) in [5.74, 6) is 0.615. The van der Waals surface area contributed by atoms with Crippen LogP contribution in [0.3, 0.4) is 0 Å². The van der Waals surface area contributed by atoms with Crippen LogP contribution in [0.1, 0.15) is 39.9 Å². The maximum Gasteiger partial charge on any atom is 0.222 e. The van der Waals surface area contributed by atoms with Crippen LogP contribution in [0, 0.1) is 5.82 Å². The van der Waals surface area contributed by atoms with E-state index in [0.29, 0.717) is 31.2 Å². The van der Waals surface area contributed by atoms with E-state index in [-0.39, 0.29) is 22.5 Å². The molecule has 37 heavy (non-hydrogen) atoms. The minimum atomic E-state index is -3.50. The number of fused-ring (bicyclic) bond motifs is 1. The summed E-state index contributed by atoms with van der Waals surface area (Å²) in [6, 6.07) is 7.87. The molecule has 0 atom stereocenters. The number of halogens is 1. The Hall–Kier alpha value is -2.89. The zero-order valence-corrected chi connectivity index (χ0v) is 22.4. The molecule has 3 aromatic rings. The van der Waals surface area contributed by atoms with Crippen LogP contribution >= 0.6 is 11.3 Å². The maximum atomic E-state index is 14.8. The fourth-order valence-corrected chi connectivity index (χ4v) is 6.29. The number of nitrogens with zero attached hydrogens (tertiary/aromatic N) is 4. The first-order valence-electron chi connectivity index (χ1n) is 12.3. The summed E-state index contributed by atoms with van der Waals surface area (Å²) in [5, 5.41) is 0. The number of likely N-dealkylation sites (tertiary alicyclic amines) is 1. The average molecular weight is 545 g/mol. The molecule has 2 aromatic heterocycles. The molecule has 11 heteroatoms. The number of Topliss-reactive ketones (excluding diaryl/α,β-unsaturated/α-hetero) is 1. The van der Waals surface area contributed by atoms with Crippen LogP contribution < -0.4 is 9.64 Å². The molecule has 1 fully saturated rings. The molecule has 0 aliphatic carbocycles. The highest BCUT2D eigenvalue weighted by molar-refractivity contribution is 7.90. The number of hydrogen-bond acceptors (Lipinski definition) is 9. The van der Waals surface area contributed by atoms with E-state index in [4.69, 9.17) is 4.74 Å². The number of benzene rings is 1. The molecule has 0 saturated carbocycles. The SMILES string of the molecule is CCc1ccc(C(=O)CN2CCC(Oc3ncnc4c3CCN4c3ccc(S(C)(=O)=O)cc3F)CC2)s1. The number of anilines is 2. The lowest BCUT2D eigenvalue weighted by molar-refractivity contribution is 0.0778. The largest absolute Gasteiger partial charge is 0.474 e. The van der Waals surface area contributed by atoms with Gasteiger partial charge in [0, 0.05) is 30.8 Å². The van der Waals surface area contributed by atoms with E-state index in [1.165, 1.54) is 23.3 Å². The van der Waals surface area contributed by atoms with E-state index in [0.717, 1.165) is 55.1 Å². The molecular weight excluding hydrogens is 515 g/mol. The molecule has 4 heterocycles. The summed E-state index contributed by atoms with van der Waals surface area (Å²) in [4.78, 5) is 27.2. The van der Waals surface area contributed by atoms with Crippen molar-refractivity contribution in [3.63, 3.8) is 0 Å². The van der Waals surface area contributed by atoms with Gasteiger partial charge in [-0.3, -0.25) is 9.69 Å². The number of ether oxygens (including phenoxy) is 1. The second-order valence-electron chi connectivity index (χ2n) is 9.40. The molecule has 8 nitrogen and oxygen atoms in total. The Morgan fingerprint density at radius 2 is 1.95 bits per heavy atom. The zero-order chi connectivity index (χ0) is 26.2. The number of aryl methyl sites for hydroxylation is 1. The second kappa shape index (κ2) is 10.5. The van der Waals surface area contributed by atoms with Gasteiger partial charge in [-0.05, 0) is 56.0 Å². The molecule has 1 saturated heterocycles. The van der Waals surface area contributed by atoms with E-state index in [2.05, 4.69) is 21.8 Å². The number of sulfone groups is 1. The molecule has 0 unspecified atom stereocenters. The Morgan fingerprint density at radius 1 is 1.16 bits per heavy atom. The smallest absolute Gasteiger partial charge is 0.222 e. The quantitative estimate of drug-likeness (QED) is 0.392. The van der Waals surface area contributed by atoms with E-state index in [1.807, 2.05) is 12.1 Å². The van der Waals surface area contributed by atoms with Gasteiger partial charge in [0.2, 0.25) is 5.88 Å². The van der Waals surface area contributed by atoms with Crippen LogP contribution in [0.25, 0.3) is 0 Å². The fraction of sp³-hybridized carbons (Fsp3) is 0.423. The number of carbonyl (C=O) groups is 1. The monoisotopic (exact) mass is 544 g/mol. The van der Waals surface area contributed by atoms with Gasteiger partial charge in [0.1, 0.15) is 24.1 Å². The molecule has 0 bridgehead atoms. The van der Waals surface area contributed by atoms with Gasteiger partial charge in [-0.15, -0.1) is 11.3 Å². The third kappa shape index (κ3) is 5.53. The van der Waals surface area contributed by atoms with Crippen LogP contribution in [0.2, 0.25) is 0 Å². The molecule has 1 aromatic carbocycles. The van der Waals surface area contributed by atoms with Gasteiger partial charge < -0.3 is 9.64 Å². The molecule has 5 rings (SSSR count). The zero-order valence-electron chi connectivity index (χ0n) is 20.8. The minimum absolute atomic E-state index is 0.0291. The Bertz CT molecular complexity index is 1420. The summed E-state index contributed by atoms with van der Waals surface area (Å²) in [6.07, 6.45) is 5.52. The first-order chi connectivity index (χ1) is 17.7. The first-order valence-corrected chi connectivity index (χ1v) is 15.1. The number of piperidine rings is 1. The van der Waals surface area contributed by atoms with E-state index in [1.54, 1.807) is 16.2 Å². The van der Waals surface area contributed by atoms with Crippen molar-refractivity contribution in [1.29, 1.82) is 0 Å². The highest BCUT2D eigenvalue weighted by atomic mass is 32.2. The van der Waals surface area contributed by atoms with Crippen LogP contribution in [-0.2, 0) is 22.7 Å². The standard InChI is InChI=1S/C26H29FN4O4S2/c1-3-18-4-7-24(36-18)23(32)15-30-11-8-17(9-12-30)35-26-20-10-13-31(25(20)28-16-29-26)22-6-5-19(14-21(22)27)37(2,33)34/h4-7,14,16-17H,3,8-13,15H2,1-2H3. The van der Waals surface area contributed by atoms with Crippen molar-refractivity contribution in [2.45, 2.75) is 43.6 Å². The maximum absolute atomic E-state index is 14.8. The minimum Gasteiger partial charge on any atom is -0.474 e. The normalized spacial score (nSPS) is 16.7. The Labute approximate surface area is 220 Å². The number of carbonyl (C=O) groups excluding carboxylic acids is 1. The van der Waals surface area contributed by atoms with Crippen molar-refractivity contribution in [3.8, 4) is 5.88 Å². The highest BCUT2D eigenvalue weighted by Gasteiger charge is 2.30. The fourth-order valence-electron chi connectivity index (χ4n) is 4.78. The van der Waals surface area contributed by atoms with Gasteiger partial charge in [0.25, 0.3) is 0 Å². The third-order valence-electron chi connectivity index (χ3n) is 6.83. The van der Waals surface area contributed by atoms with Crippen molar-refractivity contribution in [3.05, 3.63) is 57.8 Å². The summed E-state index contributed by atoms with van der Waals surface area (Å²) in [6.45, 7) is 4.52. The summed E-state index contributed by atoms with van der Waals surface area (Å²) < 4.78 is 44.6. The molecule has 2 aliphatic rings.